The van der Waals surface area contributed by atoms with Crippen LogP contribution in [0.5, 0.6) is 0 Å². The molecule has 0 aliphatic carbocycles. The molecule has 16 heavy (non-hydrogen) atoms. The van der Waals surface area contributed by atoms with Gasteiger partial charge in [-0.05, 0) is 30.7 Å². The van der Waals surface area contributed by atoms with E-state index in [2.05, 4.69) is 32.2 Å². The number of halogens is 1. The van der Waals surface area contributed by atoms with Crippen molar-refractivity contribution in [2.75, 3.05) is 13.1 Å². The first kappa shape index (κ1) is 13.9. The van der Waals surface area contributed by atoms with Gasteiger partial charge in [0.2, 0.25) is 0 Å². The van der Waals surface area contributed by atoms with E-state index in [1.807, 2.05) is 30.0 Å². The summed E-state index contributed by atoms with van der Waals surface area (Å²) in [6, 6.07) is 8.03. The Morgan fingerprint density at radius 1 is 1.25 bits per heavy atom. The Labute approximate surface area is 108 Å². The van der Waals surface area contributed by atoms with Gasteiger partial charge in [0.05, 0.1) is 0 Å². The van der Waals surface area contributed by atoms with Crippen molar-refractivity contribution in [1.29, 1.82) is 0 Å². The van der Waals surface area contributed by atoms with Gasteiger partial charge < -0.3 is 5.32 Å². The van der Waals surface area contributed by atoms with Crippen molar-refractivity contribution in [3.8, 4) is 0 Å². The Morgan fingerprint density at radius 2 is 2.00 bits per heavy atom. The molecule has 0 saturated heterocycles. The first-order chi connectivity index (χ1) is 7.58. The molecule has 0 heterocycles. The first-order valence-electron chi connectivity index (χ1n) is 5.71. The van der Waals surface area contributed by atoms with Crippen LogP contribution < -0.4 is 5.32 Å². The molecule has 0 aliphatic rings. The fourth-order valence-electron chi connectivity index (χ4n) is 1.39. The highest BCUT2D eigenvalue weighted by atomic mass is 35.5. The number of thioether (sulfide) groups is 1. The van der Waals surface area contributed by atoms with Gasteiger partial charge in [0.1, 0.15) is 0 Å². The molecule has 0 aromatic heterocycles. The SMILES string of the molecule is CC(C)CNCC(C)Sc1cccc(Cl)c1. The second kappa shape index (κ2) is 7.21. The quantitative estimate of drug-likeness (QED) is 0.772. The Bertz CT molecular complexity index is 315. The minimum atomic E-state index is 0.567. The molecule has 0 spiro atoms. The zero-order valence-corrected chi connectivity index (χ0v) is 11.7. The number of nitrogens with one attached hydrogen (secondary N) is 1. The molecule has 3 heteroatoms. The van der Waals surface area contributed by atoms with Crippen LogP contribution in [0.4, 0.5) is 0 Å². The molecular weight excluding hydrogens is 238 g/mol. The van der Waals surface area contributed by atoms with E-state index >= 15 is 0 Å². The fourth-order valence-corrected chi connectivity index (χ4v) is 2.66. The molecule has 1 nitrogen and oxygen atoms in total. The summed E-state index contributed by atoms with van der Waals surface area (Å²) in [5.41, 5.74) is 0. The number of rotatable bonds is 6. The first-order valence-corrected chi connectivity index (χ1v) is 6.96. The van der Waals surface area contributed by atoms with Crippen LogP contribution in [0, 0.1) is 5.92 Å². The highest BCUT2D eigenvalue weighted by molar-refractivity contribution is 8.00. The van der Waals surface area contributed by atoms with Gasteiger partial charge in [-0.25, -0.2) is 0 Å². The maximum Gasteiger partial charge on any atom is 0.0417 e. The van der Waals surface area contributed by atoms with Crippen LogP contribution in [-0.4, -0.2) is 18.3 Å². The molecule has 0 bridgehead atoms. The minimum Gasteiger partial charge on any atom is -0.315 e. The maximum atomic E-state index is 5.95. The predicted octanol–water partition coefficient (Wildman–Crippen LogP) is 4.07. The summed E-state index contributed by atoms with van der Waals surface area (Å²) in [6.07, 6.45) is 0. The van der Waals surface area contributed by atoms with Crippen LogP contribution >= 0.6 is 23.4 Å². The van der Waals surface area contributed by atoms with Crippen LogP contribution in [0.2, 0.25) is 5.02 Å². The van der Waals surface area contributed by atoms with Crippen molar-refractivity contribution >= 4 is 23.4 Å². The zero-order chi connectivity index (χ0) is 12.0. The van der Waals surface area contributed by atoms with E-state index in [4.69, 9.17) is 11.6 Å². The summed E-state index contributed by atoms with van der Waals surface area (Å²) in [7, 11) is 0. The van der Waals surface area contributed by atoms with Crippen LogP contribution in [-0.2, 0) is 0 Å². The molecule has 0 amide bonds. The summed E-state index contributed by atoms with van der Waals surface area (Å²) >= 11 is 7.81. The summed E-state index contributed by atoms with van der Waals surface area (Å²) in [4.78, 5) is 1.24. The van der Waals surface area contributed by atoms with Gasteiger partial charge in [-0.15, -0.1) is 11.8 Å². The van der Waals surface area contributed by atoms with Crippen molar-refractivity contribution < 1.29 is 0 Å². The normalized spacial score (nSPS) is 13.1. The largest absolute Gasteiger partial charge is 0.315 e. The van der Waals surface area contributed by atoms with Gasteiger partial charge in [0.15, 0.2) is 0 Å². The van der Waals surface area contributed by atoms with Crippen molar-refractivity contribution in [2.24, 2.45) is 5.92 Å². The third-order valence-corrected chi connectivity index (χ3v) is 3.45. The molecule has 1 unspecified atom stereocenters. The second-order valence-corrected chi connectivity index (χ2v) is 6.39. The Kier molecular flexibility index (Phi) is 6.25. The molecule has 0 fully saturated rings. The molecule has 0 radical (unpaired) electrons. The van der Waals surface area contributed by atoms with Crippen LogP contribution in [0.25, 0.3) is 0 Å². The van der Waals surface area contributed by atoms with Crippen LogP contribution in [0.3, 0.4) is 0 Å². The molecule has 0 saturated carbocycles. The zero-order valence-electron chi connectivity index (χ0n) is 10.2. The third-order valence-electron chi connectivity index (χ3n) is 2.12. The third kappa shape index (κ3) is 5.78. The molecule has 90 valence electrons. The van der Waals surface area contributed by atoms with Crippen LogP contribution in [0.1, 0.15) is 20.8 Å². The van der Waals surface area contributed by atoms with Crippen molar-refractivity contribution in [1.82, 2.24) is 5.32 Å². The second-order valence-electron chi connectivity index (χ2n) is 4.44. The van der Waals surface area contributed by atoms with E-state index in [0.29, 0.717) is 11.2 Å². The van der Waals surface area contributed by atoms with Crippen LogP contribution in [0.15, 0.2) is 29.2 Å². The number of hydrogen-bond acceptors (Lipinski definition) is 2. The van der Waals surface area contributed by atoms with Gasteiger partial charge in [-0.2, -0.15) is 0 Å². The lowest BCUT2D eigenvalue weighted by molar-refractivity contribution is 0.554. The van der Waals surface area contributed by atoms with E-state index < -0.39 is 0 Å². The van der Waals surface area contributed by atoms with Gasteiger partial charge in [-0.1, -0.05) is 38.4 Å². The Hall–Kier alpha value is -0.180. The smallest absolute Gasteiger partial charge is 0.0417 e. The molecule has 1 aromatic carbocycles. The fraction of sp³-hybridized carbons (Fsp3) is 0.538. The number of benzene rings is 1. The highest BCUT2D eigenvalue weighted by Crippen LogP contribution is 2.25. The Morgan fingerprint density at radius 3 is 2.62 bits per heavy atom. The van der Waals surface area contributed by atoms with E-state index in [1.54, 1.807) is 0 Å². The van der Waals surface area contributed by atoms with E-state index in [1.165, 1.54) is 4.90 Å². The predicted molar refractivity (Wildman–Crippen MR) is 74.5 cm³/mol. The highest BCUT2D eigenvalue weighted by Gasteiger charge is 2.04. The lowest BCUT2D eigenvalue weighted by Gasteiger charge is -2.13. The lowest BCUT2D eigenvalue weighted by Crippen LogP contribution is -2.26. The summed E-state index contributed by atoms with van der Waals surface area (Å²) in [5, 5.41) is 4.84. The topological polar surface area (TPSA) is 12.0 Å². The lowest BCUT2D eigenvalue weighted by atomic mass is 10.2. The standard InChI is InChI=1S/C13H20ClNS/c1-10(2)8-15-9-11(3)16-13-6-4-5-12(14)7-13/h4-7,10-11,15H,8-9H2,1-3H3. The monoisotopic (exact) mass is 257 g/mol. The van der Waals surface area contributed by atoms with Crippen molar-refractivity contribution in [3.63, 3.8) is 0 Å². The number of hydrogen-bond donors (Lipinski definition) is 1. The molecule has 1 N–H and O–H groups in total. The molecular formula is C13H20ClNS. The summed E-state index contributed by atoms with van der Waals surface area (Å²) < 4.78 is 0. The van der Waals surface area contributed by atoms with Gasteiger partial charge >= 0.3 is 0 Å². The molecule has 1 aromatic rings. The summed E-state index contributed by atoms with van der Waals surface area (Å²) in [6.45, 7) is 8.80. The van der Waals surface area contributed by atoms with Crippen molar-refractivity contribution in [2.45, 2.75) is 30.9 Å². The van der Waals surface area contributed by atoms with Gasteiger partial charge in [0.25, 0.3) is 0 Å². The minimum absolute atomic E-state index is 0.567. The Balaban J connectivity index is 2.31. The average molecular weight is 258 g/mol. The summed E-state index contributed by atoms with van der Waals surface area (Å²) in [5.74, 6) is 0.711. The maximum absolute atomic E-state index is 5.95. The van der Waals surface area contributed by atoms with E-state index in [-0.39, 0.29) is 0 Å². The molecule has 1 rings (SSSR count). The average Bonchev–Trinajstić information content (AvgIpc) is 2.16. The molecule has 0 aliphatic heterocycles. The van der Waals surface area contributed by atoms with Crippen molar-refractivity contribution in [3.05, 3.63) is 29.3 Å². The van der Waals surface area contributed by atoms with E-state index in [0.717, 1.165) is 18.1 Å². The van der Waals surface area contributed by atoms with Gasteiger partial charge in [0, 0.05) is 21.7 Å². The molecule has 1 atom stereocenters. The van der Waals surface area contributed by atoms with Gasteiger partial charge in [-0.3, -0.25) is 0 Å². The van der Waals surface area contributed by atoms with E-state index in [9.17, 15) is 0 Å².